The van der Waals surface area contributed by atoms with E-state index in [-0.39, 0.29) is 0 Å². The minimum atomic E-state index is 0.819. The average Bonchev–Trinajstić information content (AvgIpc) is 2.88. The van der Waals surface area contributed by atoms with Gasteiger partial charge in [-0.05, 0) is 56.9 Å². The van der Waals surface area contributed by atoms with Gasteiger partial charge in [0.1, 0.15) is 0 Å². The normalized spacial score (nSPS) is 46.1. The van der Waals surface area contributed by atoms with Crippen molar-refractivity contribution in [3.63, 3.8) is 0 Å². The molecular weight excluding hydrogens is 208 g/mol. The van der Waals surface area contributed by atoms with Crippen molar-refractivity contribution >= 4 is 0 Å². The predicted molar refractivity (Wildman–Crippen MR) is 72.1 cm³/mol. The molecule has 0 radical (unpaired) electrons. The number of rotatable bonds is 3. The van der Waals surface area contributed by atoms with E-state index in [1.54, 1.807) is 0 Å². The second-order valence-corrected chi connectivity index (χ2v) is 6.76. The zero-order valence-corrected chi connectivity index (χ0v) is 11.3. The Hall–Kier alpha value is -0.0800. The first kappa shape index (κ1) is 12.0. The van der Waals surface area contributed by atoms with Crippen LogP contribution >= 0.6 is 0 Å². The smallest absolute Gasteiger partial charge is 0.0111 e. The van der Waals surface area contributed by atoms with Gasteiger partial charge >= 0.3 is 0 Å². The number of hydrogen-bond donors (Lipinski definition) is 2. The topological polar surface area (TPSA) is 24.1 Å². The molecule has 3 rings (SSSR count). The van der Waals surface area contributed by atoms with Crippen LogP contribution in [0.15, 0.2) is 0 Å². The van der Waals surface area contributed by atoms with Gasteiger partial charge in [0.05, 0.1) is 0 Å². The van der Waals surface area contributed by atoms with Gasteiger partial charge in [-0.15, -0.1) is 0 Å². The van der Waals surface area contributed by atoms with E-state index in [9.17, 15) is 0 Å². The van der Waals surface area contributed by atoms with Gasteiger partial charge in [-0.3, -0.25) is 0 Å². The van der Waals surface area contributed by atoms with Crippen molar-refractivity contribution in [2.75, 3.05) is 6.54 Å². The molecular formula is C15H28N2. The van der Waals surface area contributed by atoms with Crippen LogP contribution in [0.25, 0.3) is 0 Å². The molecule has 2 saturated heterocycles. The first-order chi connectivity index (χ1) is 8.31. The van der Waals surface area contributed by atoms with Crippen molar-refractivity contribution in [2.45, 2.75) is 76.4 Å². The second-order valence-electron chi connectivity index (χ2n) is 6.76. The standard InChI is InChI=1S/C15H28N2/c1-11-3-2-4-13(6-5-11)16-10-12-9-14-7-8-15(12)17-14/h11-17H,2-10H2,1H3. The van der Waals surface area contributed by atoms with E-state index in [0.717, 1.165) is 30.0 Å². The lowest BCUT2D eigenvalue weighted by Crippen LogP contribution is -2.37. The molecule has 0 aromatic carbocycles. The largest absolute Gasteiger partial charge is 0.314 e. The molecule has 0 amide bonds. The van der Waals surface area contributed by atoms with Crippen molar-refractivity contribution < 1.29 is 0 Å². The van der Waals surface area contributed by atoms with Crippen molar-refractivity contribution in [1.29, 1.82) is 0 Å². The van der Waals surface area contributed by atoms with Crippen LogP contribution in [0.1, 0.15) is 58.3 Å². The maximum absolute atomic E-state index is 3.87. The van der Waals surface area contributed by atoms with Crippen LogP contribution in [-0.2, 0) is 0 Å². The molecule has 2 heteroatoms. The Bertz CT molecular complexity index is 253. The summed E-state index contributed by atoms with van der Waals surface area (Å²) in [6, 6.07) is 2.53. The summed E-state index contributed by atoms with van der Waals surface area (Å²) in [6.07, 6.45) is 11.4. The van der Waals surface area contributed by atoms with Gasteiger partial charge in [-0.1, -0.05) is 19.8 Å². The summed E-state index contributed by atoms with van der Waals surface area (Å²) in [5.74, 6) is 1.89. The highest BCUT2D eigenvalue weighted by Gasteiger charge is 2.38. The summed E-state index contributed by atoms with van der Waals surface area (Å²) in [4.78, 5) is 0. The van der Waals surface area contributed by atoms with Crippen LogP contribution in [0.3, 0.4) is 0 Å². The van der Waals surface area contributed by atoms with Crippen LogP contribution in [0.4, 0.5) is 0 Å². The summed E-state index contributed by atoms with van der Waals surface area (Å²) in [7, 11) is 0. The van der Waals surface area contributed by atoms with E-state index in [0.29, 0.717) is 0 Å². The van der Waals surface area contributed by atoms with Gasteiger partial charge in [0, 0.05) is 18.1 Å². The molecule has 0 spiro atoms. The highest BCUT2D eigenvalue weighted by molar-refractivity contribution is 4.98. The summed E-state index contributed by atoms with van der Waals surface area (Å²) in [5, 5.41) is 7.61. The van der Waals surface area contributed by atoms with Gasteiger partial charge < -0.3 is 10.6 Å². The molecule has 1 saturated carbocycles. The highest BCUT2D eigenvalue weighted by atomic mass is 15.1. The Labute approximate surface area is 106 Å². The van der Waals surface area contributed by atoms with E-state index in [4.69, 9.17) is 0 Å². The first-order valence-electron chi connectivity index (χ1n) is 7.80. The molecule has 1 aliphatic carbocycles. The molecule has 17 heavy (non-hydrogen) atoms. The second kappa shape index (κ2) is 5.27. The summed E-state index contributed by atoms with van der Waals surface area (Å²) < 4.78 is 0. The summed E-state index contributed by atoms with van der Waals surface area (Å²) in [6.45, 7) is 3.69. The quantitative estimate of drug-likeness (QED) is 0.736. The average molecular weight is 236 g/mol. The van der Waals surface area contributed by atoms with Crippen molar-refractivity contribution in [1.82, 2.24) is 10.6 Å². The predicted octanol–water partition coefficient (Wildman–Crippen LogP) is 2.69. The lowest BCUT2D eigenvalue weighted by Gasteiger charge is -2.24. The molecule has 2 nitrogen and oxygen atoms in total. The van der Waals surface area contributed by atoms with Crippen LogP contribution in [0, 0.1) is 11.8 Å². The molecule has 0 aromatic rings. The third kappa shape index (κ3) is 2.85. The molecule has 0 aromatic heterocycles. The molecule has 2 aliphatic heterocycles. The maximum atomic E-state index is 3.87. The molecule has 2 bridgehead atoms. The van der Waals surface area contributed by atoms with Gasteiger partial charge in [-0.2, -0.15) is 0 Å². The highest BCUT2D eigenvalue weighted by Crippen LogP contribution is 2.33. The molecule has 5 unspecified atom stereocenters. The number of fused-ring (bicyclic) bond motifs is 2. The number of nitrogens with one attached hydrogen (secondary N) is 2. The molecule has 3 aliphatic rings. The monoisotopic (exact) mass is 236 g/mol. The van der Waals surface area contributed by atoms with Gasteiger partial charge in [0.2, 0.25) is 0 Å². The van der Waals surface area contributed by atoms with Crippen LogP contribution < -0.4 is 10.6 Å². The molecule has 98 valence electrons. The van der Waals surface area contributed by atoms with Gasteiger partial charge in [-0.25, -0.2) is 0 Å². The van der Waals surface area contributed by atoms with Crippen molar-refractivity contribution in [3.8, 4) is 0 Å². The summed E-state index contributed by atoms with van der Waals surface area (Å²) >= 11 is 0. The van der Waals surface area contributed by atoms with E-state index < -0.39 is 0 Å². The molecule has 2 N–H and O–H groups in total. The maximum Gasteiger partial charge on any atom is 0.0111 e. The Balaban J connectivity index is 1.42. The van der Waals surface area contributed by atoms with Crippen molar-refractivity contribution in [2.24, 2.45) is 11.8 Å². The third-order valence-corrected chi connectivity index (χ3v) is 5.36. The SMILES string of the molecule is CC1CCCC(NCC2CC3CCC2N3)CC1. The fourth-order valence-corrected chi connectivity index (χ4v) is 4.17. The van der Waals surface area contributed by atoms with Crippen LogP contribution in [-0.4, -0.2) is 24.7 Å². The van der Waals surface area contributed by atoms with Gasteiger partial charge in [0.15, 0.2) is 0 Å². The zero-order chi connectivity index (χ0) is 11.7. The van der Waals surface area contributed by atoms with E-state index in [2.05, 4.69) is 17.6 Å². The fraction of sp³-hybridized carbons (Fsp3) is 1.00. The minimum absolute atomic E-state index is 0.819. The molecule has 2 heterocycles. The Morgan fingerprint density at radius 3 is 2.76 bits per heavy atom. The van der Waals surface area contributed by atoms with Gasteiger partial charge in [0.25, 0.3) is 0 Å². The van der Waals surface area contributed by atoms with Crippen LogP contribution in [0.2, 0.25) is 0 Å². The van der Waals surface area contributed by atoms with E-state index >= 15 is 0 Å². The first-order valence-corrected chi connectivity index (χ1v) is 7.80. The Morgan fingerprint density at radius 1 is 1.06 bits per heavy atom. The minimum Gasteiger partial charge on any atom is -0.314 e. The molecule has 5 atom stereocenters. The zero-order valence-electron chi connectivity index (χ0n) is 11.3. The molecule has 3 fully saturated rings. The number of hydrogen-bond acceptors (Lipinski definition) is 2. The lowest BCUT2D eigenvalue weighted by molar-refractivity contribution is 0.346. The van der Waals surface area contributed by atoms with E-state index in [1.807, 2.05) is 0 Å². The van der Waals surface area contributed by atoms with Crippen molar-refractivity contribution in [3.05, 3.63) is 0 Å². The fourth-order valence-electron chi connectivity index (χ4n) is 4.17. The lowest BCUT2D eigenvalue weighted by atomic mass is 9.89. The third-order valence-electron chi connectivity index (χ3n) is 5.36. The Kier molecular flexibility index (Phi) is 3.72. The Morgan fingerprint density at radius 2 is 2.00 bits per heavy atom. The van der Waals surface area contributed by atoms with Crippen LogP contribution in [0.5, 0.6) is 0 Å². The summed E-state index contributed by atoms with van der Waals surface area (Å²) in [5.41, 5.74) is 0. The van der Waals surface area contributed by atoms with E-state index in [1.165, 1.54) is 57.9 Å².